The number of hydrogen-bond acceptors (Lipinski definition) is 2. The van der Waals surface area contributed by atoms with Gasteiger partial charge in [-0.15, -0.1) is 0 Å². The lowest BCUT2D eigenvalue weighted by Gasteiger charge is -2.46. The van der Waals surface area contributed by atoms with Crippen LogP contribution >= 0.6 is 0 Å². The third kappa shape index (κ3) is 10.7. The summed E-state index contributed by atoms with van der Waals surface area (Å²) >= 11 is 0. The summed E-state index contributed by atoms with van der Waals surface area (Å²) in [5.41, 5.74) is 32.0. The Hall–Kier alpha value is -9.70. The molecular weight excluding hydrogens is 1050 g/mol. The molecule has 2 aliphatic heterocycles. The van der Waals surface area contributed by atoms with Crippen LogP contribution in [0.25, 0.3) is 77.9 Å². The number of benzene rings is 12. The van der Waals surface area contributed by atoms with Gasteiger partial charge in [0.15, 0.2) is 0 Å². The summed E-state index contributed by atoms with van der Waals surface area (Å²) in [6, 6.07) is 106. The molecule has 0 unspecified atom stereocenters. The summed E-state index contributed by atoms with van der Waals surface area (Å²) in [7, 11) is 0. The lowest BCUT2D eigenvalue weighted by atomic mass is 9.33. The molecular formula is C84H73BN2. The molecule has 2 heterocycles. The predicted molar refractivity (Wildman–Crippen MR) is 374 cm³/mol. The topological polar surface area (TPSA) is 6.48 Å². The van der Waals surface area contributed by atoms with E-state index in [9.17, 15) is 0 Å². The first kappa shape index (κ1) is 55.2. The van der Waals surface area contributed by atoms with Gasteiger partial charge >= 0.3 is 0 Å². The minimum atomic E-state index is -0.106. The summed E-state index contributed by atoms with van der Waals surface area (Å²) in [5.74, 6) is 0. The zero-order valence-electron chi connectivity index (χ0n) is 50.4. The van der Waals surface area contributed by atoms with Gasteiger partial charge in [0.1, 0.15) is 0 Å². The third-order valence-corrected chi connectivity index (χ3v) is 18.1. The van der Waals surface area contributed by atoms with Gasteiger partial charge in [0.05, 0.1) is 11.4 Å². The van der Waals surface area contributed by atoms with E-state index in [1.807, 2.05) is 0 Å². The van der Waals surface area contributed by atoms with Gasteiger partial charge in [0.25, 0.3) is 6.71 Å². The highest BCUT2D eigenvalue weighted by Crippen LogP contribution is 2.54. The highest BCUT2D eigenvalue weighted by molar-refractivity contribution is 7.00. The maximum absolute atomic E-state index is 2.72. The minimum absolute atomic E-state index is 0.106. The average Bonchev–Trinajstić information content (AvgIpc) is 0.718. The molecule has 0 spiro atoms. The molecule has 0 N–H and O–H groups in total. The zero-order valence-corrected chi connectivity index (χ0v) is 50.4. The molecule has 2 nitrogen and oxygen atoms in total. The second-order valence-corrected chi connectivity index (χ2v) is 23.9. The van der Waals surface area contributed by atoms with E-state index < -0.39 is 0 Å². The smallest absolute Gasteiger partial charge is 0.252 e. The van der Waals surface area contributed by atoms with Gasteiger partial charge in [0.2, 0.25) is 0 Å². The standard InChI is InChI=1S/C84H73BN2/c1-4-7-29-59-32-28-45-68(50-59)69-47-49-79-77(58-69)85-76-51-60(30-8-5-2)46-48-78(76)86(83-72(64-37-20-12-21-38-64)54-70(62-33-16-10-17-34-62)55-73(83)65-39-22-13-23-40-65)80-52-61(31-9-6-3)53-81(82(80)85)87(79)84-74(66-41-24-14-25-42-66)56-71(63-35-18-11-19-36-63)57-75(84)67-43-26-15-27-44-67/h10-28,32-58H,4-9,29-31H2,1-3H3. The Kier molecular flexibility index (Phi) is 15.7. The van der Waals surface area contributed by atoms with Gasteiger partial charge in [0, 0.05) is 45.0 Å². The lowest BCUT2D eigenvalue weighted by molar-refractivity contribution is 0.795. The second-order valence-electron chi connectivity index (χ2n) is 23.9. The molecule has 0 bridgehead atoms. The van der Waals surface area contributed by atoms with Crippen LogP contribution in [0.2, 0.25) is 0 Å². The largest absolute Gasteiger partial charge is 0.310 e. The Morgan fingerprint density at radius 1 is 0.253 bits per heavy atom. The Balaban J connectivity index is 1.15. The van der Waals surface area contributed by atoms with Crippen LogP contribution in [0.3, 0.4) is 0 Å². The van der Waals surface area contributed by atoms with E-state index in [-0.39, 0.29) is 6.71 Å². The molecule has 12 aromatic rings. The fraction of sp³-hybridized carbons (Fsp3) is 0.143. The van der Waals surface area contributed by atoms with Crippen molar-refractivity contribution in [2.75, 3.05) is 9.80 Å². The SMILES string of the molecule is CCCCc1cccc(-c2ccc3c(c2)B2c4cc(CCCC)ccc4N(c4c(-c5ccccc5)cc(-c5ccccc5)cc4-c4ccccc4)c4cc(CCCC)cc(c42)N3c2c(-c3ccccc3)cc(-c3ccccc3)cc2-c2ccccc2)c1. The Labute approximate surface area is 516 Å². The first-order valence-electron chi connectivity index (χ1n) is 31.9. The van der Waals surface area contributed by atoms with Crippen LogP contribution < -0.4 is 26.2 Å². The summed E-state index contributed by atoms with van der Waals surface area (Å²) < 4.78 is 0. The van der Waals surface area contributed by atoms with Crippen molar-refractivity contribution < 1.29 is 0 Å². The van der Waals surface area contributed by atoms with Crippen LogP contribution in [0.4, 0.5) is 34.1 Å². The molecule has 0 saturated carbocycles. The molecule has 12 aromatic carbocycles. The number of aryl methyl sites for hydroxylation is 3. The van der Waals surface area contributed by atoms with Crippen molar-refractivity contribution in [3.8, 4) is 77.9 Å². The van der Waals surface area contributed by atoms with Gasteiger partial charge in [-0.05, 0) is 176 Å². The maximum Gasteiger partial charge on any atom is 0.252 e. The molecule has 422 valence electrons. The summed E-state index contributed by atoms with van der Waals surface area (Å²) in [6.45, 7) is 6.83. The van der Waals surface area contributed by atoms with Gasteiger partial charge < -0.3 is 9.80 Å². The molecule has 0 radical (unpaired) electrons. The lowest BCUT2D eigenvalue weighted by Crippen LogP contribution is -2.61. The van der Waals surface area contributed by atoms with Crippen LogP contribution in [-0.4, -0.2) is 6.71 Å². The molecule has 0 atom stereocenters. The number of rotatable bonds is 18. The third-order valence-electron chi connectivity index (χ3n) is 18.1. The predicted octanol–water partition coefficient (Wildman–Crippen LogP) is 21.5. The van der Waals surface area contributed by atoms with Crippen LogP contribution in [-0.2, 0) is 19.3 Å². The highest BCUT2D eigenvalue weighted by atomic mass is 15.2. The first-order chi connectivity index (χ1) is 43.0. The van der Waals surface area contributed by atoms with E-state index in [0.717, 1.165) is 51.4 Å². The molecule has 0 aliphatic carbocycles. The van der Waals surface area contributed by atoms with E-state index in [2.05, 4.69) is 310 Å². The first-order valence-corrected chi connectivity index (χ1v) is 31.9. The van der Waals surface area contributed by atoms with Crippen LogP contribution in [0, 0.1) is 0 Å². The molecule has 14 rings (SSSR count). The van der Waals surface area contributed by atoms with Gasteiger partial charge in [-0.3, -0.25) is 0 Å². The molecule has 0 aromatic heterocycles. The van der Waals surface area contributed by atoms with Crippen molar-refractivity contribution in [3.05, 3.63) is 296 Å². The molecule has 2 aliphatic rings. The molecule has 87 heavy (non-hydrogen) atoms. The average molecular weight is 1120 g/mol. The minimum Gasteiger partial charge on any atom is -0.310 e. The molecule has 0 saturated heterocycles. The number of anilines is 6. The monoisotopic (exact) mass is 1120 g/mol. The fourth-order valence-corrected chi connectivity index (χ4v) is 13.8. The second kappa shape index (κ2) is 24.7. The quantitative estimate of drug-likeness (QED) is 0.0790. The molecule has 0 fully saturated rings. The molecule has 0 amide bonds. The van der Waals surface area contributed by atoms with Crippen molar-refractivity contribution in [3.63, 3.8) is 0 Å². The van der Waals surface area contributed by atoms with E-state index in [4.69, 9.17) is 0 Å². The maximum atomic E-state index is 2.72. The fourth-order valence-electron chi connectivity index (χ4n) is 13.8. The van der Waals surface area contributed by atoms with Crippen molar-refractivity contribution >= 4 is 57.2 Å². The normalized spacial score (nSPS) is 12.2. The number of fused-ring (bicyclic) bond motifs is 4. The van der Waals surface area contributed by atoms with Crippen LogP contribution in [0.15, 0.2) is 279 Å². The van der Waals surface area contributed by atoms with E-state index >= 15 is 0 Å². The Morgan fingerprint density at radius 3 is 1.01 bits per heavy atom. The summed E-state index contributed by atoms with van der Waals surface area (Å²) in [6.07, 6.45) is 9.77. The summed E-state index contributed by atoms with van der Waals surface area (Å²) in [5, 5.41) is 0. The van der Waals surface area contributed by atoms with E-state index in [1.165, 1.54) is 152 Å². The summed E-state index contributed by atoms with van der Waals surface area (Å²) in [4.78, 5) is 5.45. The van der Waals surface area contributed by atoms with Crippen molar-refractivity contribution in [1.29, 1.82) is 0 Å². The van der Waals surface area contributed by atoms with Crippen LogP contribution in [0.5, 0.6) is 0 Å². The number of nitrogens with zero attached hydrogens (tertiary/aromatic N) is 2. The van der Waals surface area contributed by atoms with Gasteiger partial charge in [-0.2, -0.15) is 0 Å². The number of hydrogen-bond donors (Lipinski definition) is 0. The van der Waals surface area contributed by atoms with Crippen molar-refractivity contribution in [2.24, 2.45) is 0 Å². The Bertz CT molecular complexity index is 4250. The Morgan fingerprint density at radius 2 is 0.598 bits per heavy atom. The number of unbranched alkanes of at least 4 members (excludes halogenated alkanes) is 3. The van der Waals surface area contributed by atoms with E-state index in [0.29, 0.717) is 0 Å². The molecule has 3 heteroatoms. The van der Waals surface area contributed by atoms with Crippen molar-refractivity contribution in [2.45, 2.75) is 78.6 Å². The van der Waals surface area contributed by atoms with Crippen molar-refractivity contribution in [1.82, 2.24) is 0 Å². The van der Waals surface area contributed by atoms with Gasteiger partial charge in [-0.1, -0.05) is 271 Å². The van der Waals surface area contributed by atoms with E-state index in [1.54, 1.807) is 0 Å². The van der Waals surface area contributed by atoms with Crippen LogP contribution in [0.1, 0.15) is 76.0 Å². The zero-order chi connectivity index (χ0) is 58.6. The van der Waals surface area contributed by atoms with Gasteiger partial charge in [-0.25, -0.2) is 0 Å². The highest BCUT2D eigenvalue weighted by Gasteiger charge is 2.45.